The van der Waals surface area contributed by atoms with Crippen molar-refractivity contribution >= 4 is 10.9 Å². The van der Waals surface area contributed by atoms with Crippen LogP contribution in [0.2, 0.25) is 0 Å². The lowest BCUT2D eigenvalue weighted by molar-refractivity contribution is 0.0572. The van der Waals surface area contributed by atoms with Gasteiger partial charge >= 0.3 is 0 Å². The lowest BCUT2D eigenvalue weighted by Crippen LogP contribution is -2.50. The number of likely N-dealkylation sites (tertiary alicyclic amines) is 1. The SMILES string of the molecule is CCCN1C[C@H](CO)C[C@@H]2c3ccc(OC)c4[nH]cc(c34)C[C@H]21. The number of aliphatic hydroxyl groups excluding tert-OH is 1. The number of nitrogens with one attached hydrogen (secondary N) is 1. The zero-order valence-corrected chi connectivity index (χ0v) is 14.0. The van der Waals surface area contributed by atoms with E-state index in [0.717, 1.165) is 37.2 Å². The van der Waals surface area contributed by atoms with Gasteiger partial charge in [0.05, 0.1) is 12.6 Å². The zero-order chi connectivity index (χ0) is 16.0. The van der Waals surface area contributed by atoms with Crippen molar-refractivity contribution in [1.29, 1.82) is 0 Å². The number of ether oxygens (including phenoxy) is 1. The molecule has 4 rings (SSSR count). The lowest BCUT2D eigenvalue weighted by Gasteiger charge is -2.47. The number of aromatic amines is 1. The largest absolute Gasteiger partial charge is 0.495 e. The third-order valence-electron chi connectivity index (χ3n) is 5.74. The topological polar surface area (TPSA) is 48.5 Å². The van der Waals surface area contributed by atoms with E-state index >= 15 is 0 Å². The minimum atomic E-state index is 0.294. The Bertz CT molecular complexity index is 709. The van der Waals surface area contributed by atoms with E-state index in [1.54, 1.807) is 7.11 Å². The highest BCUT2D eigenvalue weighted by Crippen LogP contribution is 2.46. The van der Waals surface area contributed by atoms with Crippen LogP contribution in [0.4, 0.5) is 0 Å². The Balaban J connectivity index is 1.81. The van der Waals surface area contributed by atoms with E-state index in [9.17, 15) is 5.11 Å². The van der Waals surface area contributed by atoms with Crippen LogP contribution in [-0.2, 0) is 6.42 Å². The molecule has 4 heteroatoms. The molecule has 1 saturated heterocycles. The third kappa shape index (κ3) is 2.27. The van der Waals surface area contributed by atoms with Crippen LogP contribution < -0.4 is 4.74 Å². The maximum Gasteiger partial charge on any atom is 0.142 e. The van der Waals surface area contributed by atoms with Gasteiger partial charge in [-0.15, -0.1) is 0 Å². The minimum absolute atomic E-state index is 0.294. The van der Waals surface area contributed by atoms with Crippen LogP contribution in [0.3, 0.4) is 0 Å². The maximum absolute atomic E-state index is 9.75. The second kappa shape index (κ2) is 5.84. The Morgan fingerprint density at radius 3 is 3.00 bits per heavy atom. The summed E-state index contributed by atoms with van der Waals surface area (Å²) in [6.45, 7) is 4.69. The van der Waals surface area contributed by atoms with Crippen LogP contribution in [0, 0.1) is 5.92 Å². The van der Waals surface area contributed by atoms with Gasteiger partial charge in [-0.1, -0.05) is 13.0 Å². The molecule has 2 heterocycles. The van der Waals surface area contributed by atoms with E-state index < -0.39 is 0 Å². The summed E-state index contributed by atoms with van der Waals surface area (Å²) in [6.07, 6.45) is 5.52. The first kappa shape index (κ1) is 15.0. The van der Waals surface area contributed by atoms with Crippen molar-refractivity contribution in [2.75, 3.05) is 26.8 Å². The molecule has 1 aliphatic carbocycles. The van der Waals surface area contributed by atoms with Crippen molar-refractivity contribution in [2.24, 2.45) is 5.92 Å². The summed E-state index contributed by atoms with van der Waals surface area (Å²) in [5.74, 6) is 1.83. The fourth-order valence-electron chi connectivity index (χ4n) is 4.78. The molecule has 1 fully saturated rings. The van der Waals surface area contributed by atoms with Crippen LogP contribution >= 0.6 is 0 Å². The summed E-state index contributed by atoms with van der Waals surface area (Å²) in [5.41, 5.74) is 3.98. The molecule has 1 aromatic carbocycles. The van der Waals surface area contributed by atoms with Gasteiger partial charge in [0.1, 0.15) is 5.75 Å². The number of aromatic nitrogens is 1. The molecular weight excluding hydrogens is 288 g/mol. The molecule has 124 valence electrons. The standard InChI is InChI=1S/C19H26N2O2/c1-3-6-21-10-12(11-22)7-15-14-4-5-17(23-2)19-18(14)13(9-20-19)8-16(15)21/h4-5,9,12,15-16,20,22H,3,6-8,10-11H2,1-2H3/t12-,15-,16-/m1/s1. The molecule has 2 N–H and O–H groups in total. The monoisotopic (exact) mass is 314 g/mol. The molecule has 0 amide bonds. The summed E-state index contributed by atoms with van der Waals surface area (Å²) in [6, 6.07) is 4.91. The zero-order valence-electron chi connectivity index (χ0n) is 14.0. The number of rotatable bonds is 4. The molecule has 0 saturated carbocycles. The number of benzene rings is 1. The van der Waals surface area contributed by atoms with E-state index in [4.69, 9.17) is 4.74 Å². The summed E-state index contributed by atoms with van der Waals surface area (Å²) in [4.78, 5) is 6.04. The van der Waals surface area contributed by atoms with Gasteiger partial charge < -0.3 is 14.8 Å². The average molecular weight is 314 g/mol. The molecule has 1 aromatic heterocycles. The fraction of sp³-hybridized carbons (Fsp3) is 0.579. The van der Waals surface area contributed by atoms with Crippen molar-refractivity contribution in [3.8, 4) is 5.75 Å². The summed E-state index contributed by atoms with van der Waals surface area (Å²) >= 11 is 0. The van der Waals surface area contributed by atoms with Crippen molar-refractivity contribution in [3.05, 3.63) is 29.5 Å². The van der Waals surface area contributed by atoms with Gasteiger partial charge in [0.15, 0.2) is 0 Å². The van der Waals surface area contributed by atoms with Crippen LogP contribution in [0.1, 0.15) is 36.8 Å². The predicted molar refractivity (Wildman–Crippen MR) is 92.1 cm³/mol. The smallest absolute Gasteiger partial charge is 0.142 e. The second-order valence-electron chi connectivity index (χ2n) is 7.08. The van der Waals surface area contributed by atoms with Crippen LogP contribution in [0.15, 0.2) is 18.3 Å². The first-order valence-electron chi connectivity index (χ1n) is 8.78. The molecule has 0 radical (unpaired) electrons. The Morgan fingerprint density at radius 1 is 1.39 bits per heavy atom. The first-order chi connectivity index (χ1) is 11.3. The van der Waals surface area contributed by atoms with Gasteiger partial charge in [-0.05, 0) is 48.9 Å². The molecule has 0 bridgehead atoms. The summed E-state index contributed by atoms with van der Waals surface area (Å²) < 4.78 is 5.52. The van der Waals surface area contributed by atoms with Crippen molar-refractivity contribution < 1.29 is 9.84 Å². The molecule has 23 heavy (non-hydrogen) atoms. The second-order valence-corrected chi connectivity index (χ2v) is 7.08. The van der Waals surface area contributed by atoms with Gasteiger partial charge in [0, 0.05) is 36.7 Å². The number of aliphatic hydroxyl groups is 1. The maximum atomic E-state index is 9.75. The highest BCUT2D eigenvalue weighted by Gasteiger charge is 2.40. The minimum Gasteiger partial charge on any atom is -0.495 e. The summed E-state index contributed by atoms with van der Waals surface area (Å²) in [7, 11) is 1.73. The number of piperidine rings is 1. The van der Waals surface area contributed by atoms with Crippen molar-refractivity contribution in [3.63, 3.8) is 0 Å². The van der Waals surface area contributed by atoms with E-state index in [1.165, 1.54) is 22.9 Å². The molecule has 1 aliphatic heterocycles. The number of H-pyrrole nitrogens is 1. The van der Waals surface area contributed by atoms with Crippen molar-refractivity contribution in [2.45, 2.75) is 38.1 Å². The predicted octanol–water partition coefficient (Wildman–Crippen LogP) is 2.91. The molecule has 4 nitrogen and oxygen atoms in total. The number of nitrogens with zero attached hydrogens (tertiary/aromatic N) is 1. The molecule has 2 aliphatic rings. The Kier molecular flexibility index (Phi) is 3.82. The number of fused-ring (bicyclic) bond motifs is 2. The first-order valence-corrected chi connectivity index (χ1v) is 8.78. The molecule has 3 atom stereocenters. The van der Waals surface area contributed by atoms with Crippen LogP contribution in [0.5, 0.6) is 5.75 Å². The van der Waals surface area contributed by atoms with Crippen LogP contribution in [0.25, 0.3) is 10.9 Å². The highest BCUT2D eigenvalue weighted by atomic mass is 16.5. The van der Waals surface area contributed by atoms with Crippen molar-refractivity contribution in [1.82, 2.24) is 9.88 Å². The lowest BCUT2D eigenvalue weighted by atomic mass is 9.72. The molecule has 0 spiro atoms. The number of hydrogen-bond donors (Lipinski definition) is 2. The van der Waals surface area contributed by atoms with E-state index in [1.807, 2.05) is 0 Å². The Labute approximate surface area is 137 Å². The Hall–Kier alpha value is -1.52. The normalized spacial score (nSPS) is 27.2. The fourth-order valence-corrected chi connectivity index (χ4v) is 4.78. The third-order valence-corrected chi connectivity index (χ3v) is 5.74. The summed E-state index contributed by atoms with van der Waals surface area (Å²) in [5, 5.41) is 11.1. The Morgan fingerprint density at radius 2 is 2.26 bits per heavy atom. The number of methoxy groups -OCH3 is 1. The molecule has 2 aromatic rings. The van der Waals surface area contributed by atoms with Gasteiger partial charge in [0.25, 0.3) is 0 Å². The van der Waals surface area contributed by atoms with E-state index in [-0.39, 0.29) is 0 Å². The molecule has 0 unspecified atom stereocenters. The van der Waals surface area contributed by atoms with E-state index in [2.05, 4.69) is 35.1 Å². The number of hydrogen-bond acceptors (Lipinski definition) is 3. The van der Waals surface area contributed by atoms with E-state index in [0.29, 0.717) is 24.5 Å². The average Bonchev–Trinajstić information content (AvgIpc) is 3.00. The highest BCUT2D eigenvalue weighted by molar-refractivity contribution is 5.92. The van der Waals surface area contributed by atoms with Gasteiger partial charge in [-0.25, -0.2) is 0 Å². The van der Waals surface area contributed by atoms with Gasteiger partial charge in [0.2, 0.25) is 0 Å². The quantitative estimate of drug-likeness (QED) is 0.912. The molecular formula is C19H26N2O2. The van der Waals surface area contributed by atoms with Crippen LogP contribution in [-0.4, -0.2) is 47.8 Å². The van der Waals surface area contributed by atoms with Gasteiger partial charge in [-0.2, -0.15) is 0 Å². The van der Waals surface area contributed by atoms with Gasteiger partial charge in [-0.3, -0.25) is 4.90 Å².